The SMILES string of the molecule is CCNC(c1ccc(OC)cc1)C1CCCC(CC)C1. The van der Waals surface area contributed by atoms with E-state index in [0.717, 1.165) is 24.1 Å². The van der Waals surface area contributed by atoms with Crippen LogP contribution in [0.5, 0.6) is 5.75 Å². The van der Waals surface area contributed by atoms with Gasteiger partial charge < -0.3 is 10.1 Å². The molecule has 0 spiro atoms. The molecule has 0 bridgehead atoms. The number of ether oxygens (including phenoxy) is 1. The number of hydrogen-bond acceptors (Lipinski definition) is 2. The van der Waals surface area contributed by atoms with Crippen LogP contribution in [0.3, 0.4) is 0 Å². The molecule has 1 saturated carbocycles. The Bertz CT molecular complexity index is 387. The highest BCUT2D eigenvalue weighted by atomic mass is 16.5. The molecule has 112 valence electrons. The zero-order chi connectivity index (χ0) is 14.4. The lowest BCUT2D eigenvalue weighted by Gasteiger charge is -2.35. The van der Waals surface area contributed by atoms with Crippen LogP contribution in [0.25, 0.3) is 0 Å². The fraction of sp³-hybridized carbons (Fsp3) is 0.667. The molecule has 0 saturated heterocycles. The molecule has 0 amide bonds. The molecule has 2 heteroatoms. The molecule has 3 unspecified atom stereocenters. The van der Waals surface area contributed by atoms with Crippen LogP contribution in [-0.2, 0) is 0 Å². The Kier molecular flexibility index (Phi) is 5.90. The standard InChI is InChI=1S/C18H29NO/c1-4-14-7-6-8-16(13-14)18(19-5-2)15-9-11-17(20-3)12-10-15/h9-12,14,16,18-19H,4-8,13H2,1-3H3. The lowest BCUT2D eigenvalue weighted by atomic mass is 9.75. The van der Waals surface area contributed by atoms with E-state index in [1.165, 1.54) is 37.7 Å². The van der Waals surface area contributed by atoms with Crippen LogP contribution < -0.4 is 10.1 Å². The van der Waals surface area contributed by atoms with Gasteiger partial charge in [-0.2, -0.15) is 0 Å². The third-order valence-corrected chi connectivity index (χ3v) is 4.77. The van der Waals surface area contributed by atoms with E-state index in [1.807, 2.05) is 0 Å². The Morgan fingerprint density at radius 1 is 1.20 bits per heavy atom. The minimum Gasteiger partial charge on any atom is -0.497 e. The van der Waals surface area contributed by atoms with Gasteiger partial charge in [-0.05, 0) is 48.9 Å². The molecular formula is C18H29NO. The molecule has 2 rings (SSSR count). The van der Waals surface area contributed by atoms with E-state index in [2.05, 4.69) is 43.4 Å². The molecule has 1 N–H and O–H groups in total. The third kappa shape index (κ3) is 3.76. The predicted octanol–water partition coefficient (Wildman–Crippen LogP) is 4.56. The van der Waals surface area contributed by atoms with Gasteiger partial charge in [0.15, 0.2) is 0 Å². The average Bonchev–Trinajstić information content (AvgIpc) is 2.53. The predicted molar refractivity (Wildman–Crippen MR) is 85.2 cm³/mol. The van der Waals surface area contributed by atoms with Gasteiger partial charge in [0, 0.05) is 6.04 Å². The van der Waals surface area contributed by atoms with Crippen molar-refractivity contribution in [3.8, 4) is 5.75 Å². The van der Waals surface area contributed by atoms with Crippen molar-refractivity contribution in [3.05, 3.63) is 29.8 Å². The van der Waals surface area contributed by atoms with Crippen molar-refractivity contribution in [1.29, 1.82) is 0 Å². The molecule has 1 aromatic carbocycles. The molecule has 20 heavy (non-hydrogen) atoms. The minimum atomic E-state index is 0.500. The first-order chi connectivity index (χ1) is 9.78. The van der Waals surface area contributed by atoms with E-state index in [4.69, 9.17) is 4.74 Å². The Morgan fingerprint density at radius 2 is 1.95 bits per heavy atom. The third-order valence-electron chi connectivity index (χ3n) is 4.77. The second-order valence-corrected chi connectivity index (χ2v) is 6.01. The van der Waals surface area contributed by atoms with Crippen LogP contribution in [-0.4, -0.2) is 13.7 Å². The smallest absolute Gasteiger partial charge is 0.118 e. The maximum absolute atomic E-state index is 5.27. The molecule has 1 aliphatic carbocycles. The van der Waals surface area contributed by atoms with Crippen molar-refractivity contribution >= 4 is 0 Å². The van der Waals surface area contributed by atoms with Crippen molar-refractivity contribution in [1.82, 2.24) is 5.32 Å². The number of nitrogens with one attached hydrogen (secondary N) is 1. The van der Waals surface area contributed by atoms with Gasteiger partial charge in [0.1, 0.15) is 5.75 Å². The van der Waals surface area contributed by atoms with Crippen LogP contribution in [0.1, 0.15) is 57.6 Å². The highest BCUT2D eigenvalue weighted by Crippen LogP contribution is 2.38. The lowest BCUT2D eigenvalue weighted by molar-refractivity contribution is 0.210. The summed E-state index contributed by atoms with van der Waals surface area (Å²) in [6, 6.07) is 9.11. The first-order valence-electron chi connectivity index (χ1n) is 8.15. The molecule has 1 aromatic rings. The van der Waals surface area contributed by atoms with Gasteiger partial charge in [-0.15, -0.1) is 0 Å². The molecule has 1 aliphatic rings. The Balaban J connectivity index is 2.12. The fourth-order valence-electron chi connectivity index (χ4n) is 3.59. The van der Waals surface area contributed by atoms with E-state index in [0.29, 0.717) is 6.04 Å². The van der Waals surface area contributed by atoms with Gasteiger partial charge >= 0.3 is 0 Å². The molecule has 0 aromatic heterocycles. The van der Waals surface area contributed by atoms with E-state index < -0.39 is 0 Å². The van der Waals surface area contributed by atoms with Crippen molar-refractivity contribution in [3.63, 3.8) is 0 Å². The summed E-state index contributed by atoms with van der Waals surface area (Å²) in [6.07, 6.45) is 6.88. The zero-order valence-corrected chi connectivity index (χ0v) is 13.2. The lowest BCUT2D eigenvalue weighted by Crippen LogP contribution is -2.31. The first kappa shape index (κ1) is 15.4. The normalized spacial score (nSPS) is 24.4. The monoisotopic (exact) mass is 275 g/mol. The summed E-state index contributed by atoms with van der Waals surface area (Å²) < 4.78 is 5.27. The second kappa shape index (κ2) is 7.68. The molecule has 2 nitrogen and oxygen atoms in total. The van der Waals surface area contributed by atoms with Crippen LogP contribution >= 0.6 is 0 Å². The van der Waals surface area contributed by atoms with Crippen molar-refractivity contribution in [2.24, 2.45) is 11.8 Å². The van der Waals surface area contributed by atoms with Gasteiger partial charge in [0.05, 0.1) is 7.11 Å². The van der Waals surface area contributed by atoms with Gasteiger partial charge in [-0.3, -0.25) is 0 Å². The Hall–Kier alpha value is -1.02. The van der Waals surface area contributed by atoms with Crippen LogP contribution in [0.2, 0.25) is 0 Å². The quantitative estimate of drug-likeness (QED) is 0.821. The summed E-state index contributed by atoms with van der Waals surface area (Å²) >= 11 is 0. The fourth-order valence-corrected chi connectivity index (χ4v) is 3.59. The molecular weight excluding hydrogens is 246 g/mol. The summed E-state index contributed by atoms with van der Waals surface area (Å²) in [5, 5.41) is 3.71. The van der Waals surface area contributed by atoms with Crippen molar-refractivity contribution in [2.45, 2.75) is 52.0 Å². The summed E-state index contributed by atoms with van der Waals surface area (Å²) in [4.78, 5) is 0. The van der Waals surface area contributed by atoms with E-state index >= 15 is 0 Å². The minimum absolute atomic E-state index is 0.500. The highest BCUT2D eigenvalue weighted by Gasteiger charge is 2.28. The molecule has 0 heterocycles. The molecule has 1 fully saturated rings. The Morgan fingerprint density at radius 3 is 2.55 bits per heavy atom. The topological polar surface area (TPSA) is 21.3 Å². The molecule has 0 radical (unpaired) electrons. The second-order valence-electron chi connectivity index (χ2n) is 6.01. The van der Waals surface area contributed by atoms with Crippen molar-refractivity contribution < 1.29 is 4.74 Å². The van der Waals surface area contributed by atoms with Gasteiger partial charge in [-0.25, -0.2) is 0 Å². The van der Waals surface area contributed by atoms with Gasteiger partial charge in [0.2, 0.25) is 0 Å². The van der Waals surface area contributed by atoms with Gasteiger partial charge in [-0.1, -0.05) is 45.2 Å². The largest absolute Gasteiger partial charge is 0.497 e. The average molecular weight is 275 g/mol. The van der Waals surface area contributed by atoms with Crippen LogP contribution in [0, 0.1) is 11.8 Å². The van der Waals surface area contributed by atoms with E-state index in [1.54, 1.807) is 7.11 Å². The number of benzene rings is 1. The summed E-state index contributed by atoms with van der Waals surface area (Å²) in [5.41, 5.74) is 1.41. The Labute approximate surface area is 123 Å². The van der Waals surface area contributed by atoms with Crippen LogP contribution in [0.4, 0.5) is 0 Å². The number of rotatable bonds is 6. The number of hydrogen-bond donors (Lipinski definition) is 1. The van der Waals surface area contributed by atoms with E-state index in [-0.39, 0.29) is 0 Å². The molecule has 3 atom stereocenters. The number of methoxy groups -OCH3 is 1. The van der Waals surface area contributed by atoms with Crippen molar-refractivity contribution in [2.75, 3.05) is 13.7 Å². The molecule has 0 aliphatic heterocycles. The maximum Gasteiger partial charge on any atom is 0.118 e. The summed E-state index contributed by atoms with van der Waals surface area (Å²) in [6.45, 7) is 5.57. The van der Waals surface area contributed by atoms with Gasteiger partial charge in [0.25, 0.3) is 0 Å². The first-order valence-corrected chi connectivity index (χ1v) is 8.15. The zero-order valence-electron chi connectivity index (χ0n) is 13.2. The van der Waals surface area contributed by atoms with E-state index in [9.17, 15) is 0 Å². The highest BCUT2D eigenvalue weighted by molar-refractivity contribution is 5.29. The maximum atomic E-state index is 5.27. The summed E-state index contributed by atoms with van der Waals surface area (Å²) in [7, 11) is 1.73. The summed E-state index contributed by atoms with van der Waals surface area (Å²) in [5.74, 6) is 2.65. The van der Waals surface area contributed by atoms with Crippen LogP contribution in [0.15, 0.2) is 24.3 Å².